The highest BCUT2D eigenvalue weighted by molar-refractivity contribution is 5.07. The van der Waals surface area contributed by atoms with Crippen LogP contribution in [-0.2, 0) is 0 Å². The first-order valence-corrected chi connectivity index (χ1v) is 4.84. The molecular weight excluding hydrogens is 162 g/mol. The van der Waals surface area contributed by atoms with Crippen LogP contribution in [0.25, 0.3) is 0 Å². The van der Waals surface area contributed by atoms with Crippen LogP contribution in [-0.4, -0.2) is 10.1 Å². The van der Waals surface area contributed by atoms with Gasteiger partial charge in [0.2, 0.25) is 0 Å². The summed E-state index contributed by atoms with van der Waals surface area (Å²) in [5.41, 5.74) is 0.781. The lowest BCUT2D eigenvalue weighted by molar-refractivity contribution is 0.108. The fourth-order valence-electron chi connectivity index (χ4n) is 1.46. The van der Waals surface area contributed by atoms with Gasteiger partial charge in [-0.25, -0.2) is 0 Å². The van der Waals surface area contributed by atoms with Crippen LogP contribution in [0.5, 0.6) is 0 Å². The standard InChI is InChI=1S/C11H17NO/c1-3-6-9(2)11(13)10-7-4-5-8-12-10/h4-5,7-9,11,13H,3,6H2,1-2H3. The van der Waals surface area contributed by atoms with Crippen LogP contribution in [0.15, 0.2) is 24.4 Å². The van der Waals surface area contributed by atoms with Gasteiger partial charge in [-0.15, -0.1) is 0 Å². The molecule has 0 amide bonds. The van der Waals surface area contributed by atoms with Gasteiger partial charge in [-0.05, 0) is 24.5 Å². The third-order valence-electron chi connectivity index (χ3n) is 2.27. The number of aromatic nitrogens is 1. The summed E-state index contributed by atoms with van der Waals surface area (Å²) in [4.78, 5) is 4.13. The fourth-order valence-corrected chi connectivity index (χ4v) is 1.46. The zero-order chi connectivity index (χ0) is 9.68. The Bertz CT molecular complexity index is 235. The third kappa shape index (κ3) is 2.81. The van der Waals surface area contributed by atoms with Crippen molar-refractivity contribution in [1.82, 2.24) is 4.98 Å². The molecule has 0 saturated carbocycles. The molecule has 0 aliphatic rings. The van der Waals surface area contributed by atoms with Crippen molar-refractivity contribution in [2.45, 2.75) is 32.8 Å². The topological polar surface area (TPSA) is 33.1 Å². The lowest BCUT2D eigenvalue weighted by Crippen LogP contribution is -2.10. The summed E-state index contributed by atoms with van der Waals surface area (Å²) in [6.07, 6.45) is 3.45. The number of aliphatic hydroxyl groups is 1. The Kier molecular flexibility index (Phi) is 3.90. The van der Waals surface area contributed by atoms with Gasteiger partial charge in [0.15, 0.2) is 0 Å². The molecule has 0 spiro atoms. The van der Waals surface area contributed by atoms with E-state index in [1.807, 2.05) is 18.2 Å². The van der Waals surface area contributed by atoms with E-state index < -0.39 is 6.10 Å². The molecule has 1 aromatic heterocycles. The van der Waals surface area contributed by atoms with E-state index in [0.29, 0.717) is 5.92 Å². The number of aliphatic hydroxyl groups excluding tert-OH is 1. The average Bonchev–Trinajstić information content (AvgIpc) is 2.18. The highest BCUT2D eigenvalue weighted by Gasteiger charge is 2.15. The zero-order valence-electron chi connectivity index (χ0n) is 8.27. The van der Waals surface area contributed by atoms with E-state index in [4.69, 9.17) is 0 Å². The molecule has 0 aliphatic heterocycles. The summed E-state index contributed by atoms with van der Waals surface area (Å²) in [6.45, 7) is 4.19. The summed E-state index contributed by atoms with van der Waals surface area (Å²) in [5.74, 6) is 0.292. The fraction of sp³-hybridized carbons (Fsp3) is 0.545. The highest BCUT2D eigenvalue weighted by atomic mass is 16.3. The predicted octanol–water partition coefficient (Wildman–Crippen LogP) is 2.55. The summed E-state index contributed by atoms with van der Waals surface area (Å²) in [5, 5.41) is 9.86. The van der Waals surface area contributed by atoms with Crippen LogP contribution < -0.4 is 0 Å². The van der Waals surface area contributed by atoms with Crippen molar-refractivity contribution < 1.29 is 5.11 Å². The molecule has 1 N–H and O–H groups in total. The van der Waals surface area contributed by atoms with Crippen molar-refractivity contribution in [3.8, 4) is 0 Å². The molecule has 0 saturated heterocycles. The predicted molar refractivity (Wildman–Crippen MR) is 53.3 cm³/mol. The highest BCUT2D eigenvalue weighted by Crippen LogP contribution is 2.23. The van der Waals surface area contributed by atoms with Gasteiger partial charge in [-0.1, -0.05) is 26.3 Å². The van der Waals surface area contributed by atoms with E-state index in [-0.39, 0.29) is 0 Å². The van der Waals surface area contributed by atoms with Crippen molar-refractivity contribution >= 4 is 0 Å². The van der Waals surface area contributed by atoms with Crippen molar-refractivity contribution in [2.24, 2.45) is 5.92 Å². The Morgan fingerprint density at radius 2 is 2.23 bits per heavy atom. The molecule has 0 radical (unpaired) electrons. The van der Waals surface area contributed by atoms with Gasteiger partial charge in [0, 0.05) is 6.20 Å². The smallest absolute Gasteiger partial charge is 0.0985 e. The van der Waals surface area contributed by atoms with Crippen LogP contribution in [0, 0.1) is 5.92 Å². The van der Waals surface area contributed by atoms with Crippen LogP contribution in [0.1, 0.15) is 38.5 Å². The molecule has 1 heterocycles. The SMILES string of the molecule is CCCC(C)C(O)c1ccccn1. The minimum atomic E-state index is -0.416. The number of hydrogen-bond donors (Lipinski definition) is 1. The second-order valence-corrected chi connectivity index (χ2v) is 3.47. The van der Waals surface area contributed by atoms with Gasteiger partial charge in [-0.3, -0.25) is 4.98 Å². The minimum absolute atomic E-state index is 0.292. The Hall–Kier alpha value is -0.890. The van der Waals surface area contributed by atoms with Gasteiger partial charge in [-0.2, -0.15) is 0 Å². The molecule has 0 aromatic carbocycles. The molecule has 72 valence electrons. The minimum Gasteiger partial charge on any atom is -0.387 e. The molecule has 2 nitrogen and oxygen atoms in total. The maximum atomic E-state index is 9.86. The Labute approximate surface area is 79.6 Å². The summed E-state index contributed by atoms with van der Waals surface area (Å²) < 4.78 is 0. The summed E-state index contributed by atoms with van der Waals surface area (Å²) in [6, 6.07) is 5.64. The molecule has 1 aromatic rings. The average molecular weight is 179 g/mol. The normalized spacial score (nSPS) is 15.3. The van der Waals surface area contributed by atoms with Gasteiger partial charge in [0.25, 0.3) is 0 Å². The first-order chi connectivity index (χ1) is 6.25. The van der Waals surface area contributed by atoms with Gasteiger partial charge < -0.3 is 5.11 Å². The van der Waals surface area contributed by atoms with E-state index in [2.05, 4.69) is 18.8 Å². The van der Waals surface area contributed by atoms with Crippen LogP contribution in [0.4, 0.5) is 0 Å². The molecule has 2 heteroatoms. The first-order valence-electron chi connectivity index (χ1n) is 4.84. The van der Waals surface area contributed by atoms with Crippen molar-refractivity contribution in [3.63, 3.8) is 0 Å². The maximum Gasteiger partial charge on any atom is 0.0985 e. The van der Waals surface area contributed by atoms with Crippen molar-refractivity contribution in [3.05, 3.63) is 30.1 Å². The molecule has 0 fully saturated rings. The van der Waals surface area contributed by atoms with Crippen LogP contribution >= 0.6 is 0 Å². The molecule has 13 heavy (non-hydrogen) atoms. The molecule has 1 rings (SSSR count). The third-order valence-corrected chi connectivity index (χ3v) is 2.27. The molecule has 2 unspecified atom stereocenters. The Balaban J connectivity index is 2.62. The first kappa shape index (κ1) is 10.2. The van der Waals surface area contributed by atoms with E-state index in [0.717, 1.165) is 18.5 Å². The van der Waals surface area contributed by atoms with Crippen LogP contribution in [0.3, 0.4) is 0 Å². The Morgan fingerprint density at radius 1 is 1.46 bits per heavy atom. The monoisotopic (exact) mass is 179 g/mol. The number of hydrogen-bond acceptors (Lipinski definition) is 2. The number of rotatable bonds is 4. The second kappa shape index (κ2) is 4.97. The molecule has 0 aliphatic carbocycles. The van der Waals surface area contributed by atoms with Crippen LogP contribution in [0.2, 0.25) is 0 Å². The van der Waals surface area contributed by atoms with Crippen molar-refractivity contribution in [2.75, 3.05) is 0 Å². The number of pyridine rings is 1. The lowest BCUT2D eigenvalue weighted by Gasteiger charge is -2.17. The lowest BCUT2D eigenvalue weighted by atomic mass is 9.97. The quantitative estimate of drug-likeness (QED) is 0.770. The van der Waals surface area contributed by atoms with Gasteiger partial charge >= 0.3 is 0 Å². The zero-order valence-corrected chi connectivity index (χ0v) is 8.27. The molecule has 2 atom stereocenters. The van der Waals surface area contributed by atoms with E-state index in [9.17, 15) is 5.11 Å². The van der Waals surface area contributed by atoms with E-state index >= 15 is 0 Å². The summed E-state index contributed by atoms with van der Waals surface area (Å²) >= 11 is 0. The number of nitrogens with zero attached hydrogens (tertiary/aromatic N) is 1. The van der Waals surface area contributed by atoms with Gasteiger partial charge in [0.05, 0.1) is 11.8 Å². The van der Waals surface area contributed by atoms with Gasteiger partial charge in [0.1, 0.15) is 0 Å². The second-order valence-electron chi connectivity index (χ2n) is 3.47. The molecular formula is C11H17NO. The largest absolute Gasteiger partial charge is 0.387 e. The van der Waals surface area contributed by atoms with E-state index in [1.54, 1.807) is 6.20 Å². The van der Waals surface area contributed by atoms with E-state index in [1.165, 1.54) is 0 Å². The Morgan fingerprint density at radius 3 is 2.77 bits per heavy atom. The maximum absolute atomic E-state index is 9.86. The van der Waals surface area contributed by atoms with Crippen molar-refractivity contribution in [1.29, 1.82) is 0 Å². The molecule has 0 bridgehead atoms. The summed E-state index contributed by atoms with van der Waals surface area (Å²) in [7, 11) is 0.